The van der Waals surface area contributed by atoms with E-state index < -0.39 is 0 Å². The molecule has 0 aliphatic carbocycles. The fourth-order valence-corrected chi connectivity index (χ4v) is 3.57. The average Bonchev–Trinajstić information content (AvgIpc) is 2.72. The second-order valence-corrected chi connectivity index (χ2v) is 7.19. The quantitative estimate of drug-likeness (QED) is 0.727. The highest BCUT2D eigenvalue weighted by atomic mass is 35.5. The van der Waals surface area contributed by atoms with Crippen molar-refractivity contribution in [1.29, 1.82) is 0 Å². The van der Waals surface area contributed by atoms with Crippen molar-refractivity contribution in [3.8, 4) is 5.75 Å². The maximum absolute atomic E-state index is 12.5. The van der Waals surface area contributed by atoms with E-state index in [-0.39, 0.29) is 24.9 Å². The van der Waals surface area contributed by atoms with E-state index in [9.17, 15) is 4.79 Å². The SMILES string of the molecule is CCNCC1CCN(C(=O)COc2ccccc2Cc2ccccc2)CC1.Cl. The first-order valence-corrected chi connectivity index (χ1v) is 9.99. The summed E-state index contributed by atoms with van der Waals surface area (Å²) in [6.45, 7) is 5.99. The Labute approximate surface area is 174 Å². The minimum absolute atomic E-state index is 0. The first-order chi connectivity index (χ1) is 13.3. The highest BCUT2D eigenvalue weighted by Crippen LogP contribution is 2.22. The summed E-state index contributed by atoms with van der Waals surface area (Å²) in [6, 6.07) is 18.3. The second-order valence-electron chi connectivity index (χ2n) is 7.19. The summed E-state index contributed by atoms with van der Waals surface area (Å²) in [5.41, 5.74) is 2.35. The number of para-hydroxylation sites is 1. The van der Waals surface area contributed by atoms with Gasteiger partial charge in [0.05, 0.1) is 0 Å². The van der Waals surface area contributed by atoms with Crippen LogP contribution in [0.25, 0.3) is 0 Å². The first kappa shape index (κ1) is 22.3. The summed E-state index contributed by atoms with van der Waals surface area (Å²) >= 11 is 0. The van der Waals surface area contributed by atoms with Gasteiger partial charge in [-0.25, -0.2) is 0 Å². The fourth-order valence-electron chi connectivity index (χ4n) is 3.57. The molecule has 0 saturated carbocycles. The lowest BCUT2D eigenvalue weighted by molar-refractivity contribution is -0.134. The third-order valence-electron chi connectivity index (χ3n) is 5.21. The van der Waals surface area contributed by atoms with Crippen LogP contribution in [-0.4, -0.2) is 43.6 Å². The van der Waals surface area contributed by atoms with Crippen molar-refractivity contribution < 1.29 is 9.53 Å². The largest absolute Gasteiger partial charge is 0.483 e. The normalized spacial score (nSPS) is 14.4. The number of carbonyl (C=O) groups is 1. The Balaban J connectivity index is 0.00000280. The zero-order valence-electron chi connectivity index (χ0n) is 16.6. The van der Waals surface area contributed by atoms with E-state index >= 15 is 0 Å². The van der Waals surface area contributed by atoms with Crippen LogP contribution >= 0.6 is 12.4 Å². The number of rotatable bonds is 8. The molecule has 0 spiro atoms. The van der Waals surface area contributed by atoms with Crippen LogP contribution in [0.3, 0.4) is 0 Å². The molecule has 1 aliphatic heterocycles. The van der Waals surface area contributed by atoms with Crippen LogP contribution in [0.2, 0.25) is 0 Å². The van der Waals surface area contributed by atoms with Gasteiger partial charge in [0.15, 0.2) is 6.61 Å². The van der Waals surface area contributed by atoms with Crippen molar-refractivity contribution >= 4 is 18.3 Å². The van der Waals surface area contributed by atoms with Crippen LogP contribution in [0.5, 0.6) is 5.75 Å². The maximum atomic E-state index is 12.5. The molecule has 1 heterocycles. The molecule has 1 aliphatic rings. The Morgan fingerprint density at radius 2 is 1.75 bits per heavy atom. The molecule has 5 heteroatoms. The van der Waals surface area contributed by atoms with Gasteiger partial charge in [-0.05, 0) is 49.0 Å². The Hall–Kier alpha value is -2.04. The van der Waals surface area contributed by atoms with E-state index in [1.165, 1.54) is 5.56 Å². The van der Waals surface area contributed by atoms with Crippen LogP contribution < -0.4 is 10.1 Å². The molecule has 4 nitrogen and oxygen atoms in total. The Bertz CT molecular complexity index is 716. The van der Waals surface area contributed by atoms with Gasteiger partial charge in [0.25, 0.3) is 5.91 Å². The lowest BCUT2D eigenvalue weighted by Crippen LogP contribution is -2.42. The minimum Gasteiger partial charge on any atom is -0.483 e. The third kappa shape index (κ3) is 6.54. The Kier molecular flexibility index (Phi) is 9.32. The van der Waals surface area contributed by atoms with E-state index in [1.54, 1.807) is 0 Å². The molecule has 28 heavy (non-hydrogen) atoms. The fraction of sp³-hybridized carbons (Fsp3) is 0.435. The van der Waals surface area contributed by atoms with Gasteiger partial charge in [0.1, 0.15) is 5.75 Å². The van der Waals surface area contributed by atoms with E-state index in [4.69, 9.17) is 4.74 Å². The van der Waals surface area contributed by atoms with Gasteiger partial charge in [-0.15, -0.1) is 12.4 Å². The van der Waals surface area contributed by atoms with Crippen molar-refractivity contribution in [2.45, 2.75) is 26.2 Å². The number of nitrogens with one attached hydrogen (secondary N) is 1. The van der Waals surface area contributed by atoms with E-state index in [0.717, 1.165) is 56.8 Å². The molecule has 0 atom stereocenters. The van der Waals surface area contributed by atoms with Gasteiger partial charge < -0.3 is 15.0 Å². The number of carbonyl (C=O) groups excluding carboxylic acids is 1. The summed E-state index contributed by atoms with van der Waals surface area (Å²) in [5.74, 6) is 1.57. The number of hydrogen-bond acceptors (Lipinski definition) is 3. The molecule has 2 aromatic rings. The van der Waals surface area contributed by atoms with Gasteiger partial charge in [0.2, 0.25) is 0 Å². The number of halogens is 1. The lowest BCUT2D eigenvalue weighted by Gasteiger charge is -2.32. The predicted octanol–water partition coefficient (Wildman–Crippen LogP) is 3.93. The van der Waals surface area contributed by atoms with Crippen LogP contribution in [0.15, 0.2) is 54.6 Å². The summed E-state index contributed by atoms with van der Waals surface area (Å²) in [6.07, 6.45) is 2.95. The number of hydrogen-bond donors (Lipinski definition) is 1. The third-order valence-corrected chi connectivity index (χ3v) is 5.21. The molecule has 1 fully saturated rings. The molecule has 1 saturated heterocycles. The van der Waals surface area contributed by atoms with Crippen molar-refractivity contribution in [2.24, 2.45) is 5.92 Å². The topological polar surface area (TPSA) is 41.6 Å². The molecule has 0 radical (unpaired) electrons. The van der Waals surface area contributed by atoms with Crippen LogP contribution in [0.1, 0.15) is 30.9 Å². The highest BCUT2D eigenvalue weighted by molar-refractivity contribution is 5.85. The molecular weight excluding hydrogens is 372 g/mol. The summed E-state index contributed by atoms with van der Waals surface area (Å²) in [5, 5.41) is 3.41. The van der Waals surface area contributed by atoms with Crippen molar-refractivity contribution in [2.75, 3.05) is 32.8 Å². The highest BCUT2D eigenvalue weighted by Gasteiger charge is 2.22. The molecule has 152 valence electrons. The molecule has 0 unspecified atom stereocenters. The van der Waals surface area contributed by atoms with Gasteiger partial charge in [0, 0.05) is 19.5 Å². The van der Waals surface area contributed by atoms with E-state index in [0.29, 0.717) is 5.92 Å². The van der Waals surface area contributed by atoms with Crippen LogP contribution in [0.4, 0.5) is 0 Å². The predicted molar refractivity (Wildman–Crippen MR) is 116 cm³/mol. The average molecular weight is 403 g/mol. The zero-order valence-corrected chi connectivity index (χ0v) is 17.4. The van der Waals surface area contributed by atoms with Gasteiger partial charge in [-0.3, -0.25) is 4.79 Å². The number of piperidine rings is 1. The molecule has 1 amide bonds. The second kappa shape index (κ2) is 11.7. The number of likely N-dealkylation sites (tertiary alicyclic amines) is 1. The van der Waals surface area contributed by atoms with Crippen molar-refractivity contribution in [1.82, 2.24) is 10.2 Å². The molecule has 0 aromatic heterocycles. The molecule has 3 rings (SSSR count). The Morgan fingerprint density at radius 3 is 2.46 bits per heavy atom. The van der Waals surface area contributed by atoms with Crippen LogP contribution in [-0.2, 0) is 11.2 Å². The summed E-state index contributed by atoms with van der Waals surface area (Å²) in [7, 11) is 0. The number of amides is 1. The first-order valence-electron chi connectivity index (χ1n) is 9.99. The van der Waals surface area contributed by atoms with Crippen molar-refractivity contribution in [3.63, 3.8) is 0 Å². The Morgan fingerprint density at radius 1 is 1.07 bits per heavy atom. The number of benzene rings is 2. The smallest absolute Gasteiger partial charge is 0.260 e. The molecule has 1 N–H and O–H groups in total. The van der Waals surface area contributed by atoms with Gasteiger partial charge in [-0.1, -0.05) is 55.5 Å². The molecular formula is C23H31ClN2O2. The lowest BCUT2D eigenvalue weighted by atomic mass is 9.97. The minimum atomic E-state index is 0. The van der Waals surface area contributed by atoms with Crippen LogP contribution in [0, 0.1) is 5.92 Å². The van der Waals surface area contributed by atoms with E-state index in [1.807, 2.05) is 41.3 Å². The van der Waals surface area contributed by atoms with E-state index in [2.05, 4.69) is 30.4 Å². The maximum Gasteiger partial charge on any atom is 0.260 e. The molecule has 0 bridgehead atoms. The number of ether oxygens (including phenoxy) is 1. The van der Waals surface area contributed by atoms with Gasteiger partial charge >= 0.3 is 0 Å². The molecule has 2 aromatic carbocycles. The summed E-state index contributed by atoms with van der Waals surface area (Å²) < 4.78 is 5.91. The van der Waals surface area contributed by atoms with Crippen molar-refractivity contribution in [3.05, 3.63) is 65.7 Å². The van der Waals surface area contributed by atoms with Gasteiger partial charge in [-0.2, -0.15) is 0 Å². The monoisotopic (exact) mass is 402 g/mol. The summed E-state index contributed by atoms with van der Waals surface area (Å²) in [4.78, 5) is 14.5. The standard InChI is InChI=1S/C23H30N2O2.ClH/c1-2-24-17-20-12-14-25(15-13-20)23(26)18-27-22-11-7-6-10-21(22)16-19-8-4-3-5-9-19;/h3-11,20,24H,2,12-18H2,1H3;1H. The zero-order chi connectivity index (χ0) is 18.9. The number of nitrogens with zero attached hydrogens (tertiary/aromatic N) is 1.